The van der Waals surface area contributed by atoms with Crippen molar-refractivity contribution in [3.8, 4) is 17.2 Å². The molecule has 1 saturated heterocycles. The number of fused-ring (bicyclic) bond motifs is 1. The molecule has 0 spiro atoms. The van der Waals surface area contributed by atoms with E-state index < -0.39 is 0 Å². The SMILES string of the molecule is CCN(CC)c1nc(NCCc2ccc(O)cc2)nc(N2CCN(Cc3ccc4c(c3)OCO4)CC2)n1. The highest BCUT2D eigenvalue weighted by atomic mass is 16.7. The van der Waals surface area contributed by atoms with Crippen molar-refractivity contribution in [2.75, 3.05) is 67.7 Å². The molecule has 2 aromatic carbocycles. The molecular formula is C27H35N7O3. The van der Waals surface area contributed by atoms with E-state index in [2.05, 4.69) is 46.0 Å². The Hall–Kier alpha value is -3.79. The van der Waals surface area contributed by atoms with Crippen molar-refractivity contribution < 1.29 is 14.6 Å². The molecule has 0 radical (unpaired) electrons. The number of phenolic OH excluding ortho intramolecular Hbond substituents is 1. The van der Waals surface area contributed by atoms with Crippen LogP contribution in [0.1, 0.15) is 25.0 Å². The van der Waals surface area contributed by atoms with Gasteiger partial charge in [0.25, 0.3) is 0 Å². The number of aromatic hydroxyl groups is 1. The van der Waals surface area contributed by atoms with Gasteiger partial charge in [-0.25, -0.2) is 0 Å². The van der Waals surface area contributed by atoms with E-state index in [0.717, 1.165) is 69.3 Å². The number of aromatic nitrogens is 3. The summed E-state index contributed by atoms with van der Waals surface area (Å²) in [4.78, 5) is 21.2. The van der Waals surface area contributed by atoms with Crippen LogP contribution in [0.15, 0.2) is 42.5 Å². The van der Waals surface area contributed by atoms with Gasteiger partial charge in [0.05, 0.1) is 0 Å². The average Bonchev–Trinajstić information content (AvgIpc) is 3.39. The summed E-state index contributed by atoms with van der Waals surface area (Å²) in [6.45, 7) is 11.3. The molecule has 5 rings (SSSR count). The van der Waals surface area contributed by atoms with Gasteiger partial charge in [-0.3, -0.25) is 4.90 Å². The van der Waals surface area contributed by atoms with Crippen LogP contribution in [0.4, 0.5) is 17.8 Å². The third kappa shape index (κ3) is 6.14. The standard InChI is InChI=1S/C27H35N7O3/c1-3-33(4-2)26-29-25(28-12-11-20-5-8-22(35)9-6-20)30-27(31-26)34-15-13-32(14-16-34)18-21-7-10-23-24(17-21)37-19-36-23/h5-10,17,35H,3-4,11-16,18-19H2,1-2H3,(H,28,29,30,31). The van der Waals surface area contributed by atoms with Crippen molar-refractivity contribution in [1.29, 1.82) is 0 Å². The van der Waals surface area contributed by atoms with Crippen LogP contribution in [-0.2, 0) is 13.0 Å². The highest BCUT2D eigenvalue weighted by Gasteiger charge is 2.22. The Morgan fingerprint density at radius 2 is 1.62 bits per heavy atom. The van der Waals surface area contributed by atoms with Gasteiger partial charge in [0, 0.05) is 52.4 Å². The number of nitrogens with zero attached hydrogens (tertiary/aromatic N) is 6. The van der Waals surface area contributed by atoms with E-state index >= 15 is 0 Å². The normalized spacial score (nSPS) is 15.1. The number of hydrogen-bond acceptors (Lipinski definition) is 10. The molecule has 0 amide bonds. The summed E-state index contributed by atoms with van der Waals surface area (Å²) < 4.78 is 11.0. The number of nitrogens with one attached hydrogen (secondary N) is 1. The number of benzene rings is 2. The van der Waals surface area contributed by atoms with Crippen molar-refractivity contribution in [1.82, 2.24) is 19.9 Å². The van der Waals surface area contributed by atoms with E-state index in [4.69, 9.17) is 24.4 Å². The van der Waals surface area contributed by atoms with E-state index in [9.17, 15) is 5.11 Å². The van der Waals surface area contributed by atoms with E-state index in [1.165, 1.54) is 5.56 Å². The summed E-state index contributed by atoms with van der Waals surface area (Å²) in [5, 5.41) is 12.9. The molecule has 2 aliphatic rings. The molecule has 10 nitrogen and oxygen atoms in total. The van der Waals surface area contributed by atoms with E-state index in [-0.39, 0.29) is 5.75 Å². The molecule has 0 bridgehead atoms. The van der Waals surface area contributed by atoms with Gasteiger partial charge in [-0.15, -0.1) is 0 Å². The first-order valence-corrected chi connectivity index (χ1v) is 13.0. The number of anilines is 3. The first-order valence-electron chi connectivity index (χ1n) is 13.0. The lowest BCUT2D eigenvalue weighted by molar-refractivity contribution is 0.174. The number of hydrogen-bond donors (Lipinski definition) is 2. The zero-order valence-electron chi connectivity index (χ0n) is 21.6. The molecule has 1 aromatic heterocycles. The van der Waals surface area contributed by atoms with Crippen molar-refractivity contribution in [3.05, 3.63) is 53.6 Å². The molecule has 10 heteroatoms. The summed E-state index contributed by atoms with van der Waals surface area (Å²) in [5.41, 5.74) is 2.36. The number of ether oxygens (including phenoxy) is 2. The van der Waals surface area contributed by atoms with Gasteiger partial charge in [0.1, 0.15) is 5.75 Å². The molecule has 1 fully saturated rings. The fourth-order valence-corrected chi connectivity index (χ4v) is 4.61. The van der Waals surface area contributed by atoms with Crippen molar-refractivity contribution in [2.24, 2.45) is 0 Å². The number of piperazine rings is 1. The Kier molecular flexibility index (Phi) is 7.74. The monoisotopic (exact) mass is 505 g/mol. The van der Waals surface area contributed by atoms with Crippen molar-refractivity contribution >= 4 is 17.8 Å². The predicted octanol–water partition coefficient (Wildman–Crippen LogP) is 3.13. The fourth-order valence-electron chi connectivity index (χ4n) is 4.61. The van der Waals surface area contributed by atoms with Crippen LogP contribution in [0.2, 0.25) is 0 Å². The lowest BCUT2D eigenvalue weighted by atomic mass is 10.1. The lowest BCUT2D eigenvalue weighted by Gasteiger charge is -2.35. The lowest BCUT2D eigenvalue weighted by Crippen LogP contribution is -2.46. The second-order valence-corrected chi connectivity index (χ2v) is 9.23. The highest BCUT2D eigenvalue weighted by Crippen LogP contribution is 2.33. The summed E-state index contributed by atoms with van der Waals surface area (Å²) in [5.74, 6) is 3.93. The largest absolute Gasteiger partial charge is 0.508 e. The fraction of sp³-hybridized carbons (Fsp3) is 0.444. The number of rotatable bonds is 10. The first kappa shape index (κ1) is 24.9. The minimum Gasteiger partial charge on any atom is -0.508 e. The minimum atomic E-state index is 0.277. The topological polar surface area (TPSA) is 99.1 Å². The van der Waals surface area contributed by atoms with Crippen LogP contribution in [0.3, 0.4) is 0 Å². The van der Waals surface area contributed by atoms with Gasteiger partial charge in [-0.1, -0.05) is 18.2 Å². The first-order chi connectivity index (χ1) is 18.1. The van der Waals surface area contributed by atoms with Gasteiger partial charge >= 0.3 is 0 Å². The summed E-state index contributed by atoms with van der Waals surface area (Å²) in [6.07, 6.45) is 0.806. The molecule has 2 aliphatic heterocycles. The Morgan fingerprint density at radius 1 is 0.892 bits per heavy atom. The molecule has 0 atom stereocenters. The van der Waals surface area contributed by atoms with Gasteiger partial charge < -0.3 is 29.7 Å². The van der Waals surface area contributed by atoms with Gasteiger partial charge in [-0.05, 0) is 55.7 Å². The van der Waals surface area contributed by atoms with Crippen LogP contribution < -0.4 is 24.6 Å². The molecule has 0 aliphatic carbocycles. The molecule has 2 N–H and O–H groups in total. The zero-order valence-corrected chi connectivity index (χ0v) is 21.6. The van der Waals surface area contributed by atoms with Crippen molar-refractivity contribution in [2.45, 2.75) is 26.8 Å². The van der Waals surface area contributed by atoms with Crippen LogP contribution >= 0.6 is 0 Å². The van der Waals surface area contributed by atoms with Crippen LogP contribution in [0.25, 0.3) is 0 Å². The van der Waals surface area contributed by atoms with Gasteiger partial charge in [-0.2, -0.15) is 15.0 Å². The molecule has 3 aromatic rings. The van der Waals surface area contributed by atoms with Gasteiger partial charge in [0.2, 0.25) is 24.6 Å². The molecule has 0 unspecified atom stereocenters. The summed E-state index contributed by atoms with van der Waals surface area (Å²) in [6, 6.07) is 13.5. The maximum Gasteiger partial charge on any atom is 0.232 e. The van der Waals surface area contributed by atoms with Crippen LogP contribution in [-0.4, -0.2) is 77.6 Å². The maximum absolute atomic E-state index is 9.50. The Morgan fingerprint density at radius 3 is 2.38 bits per heavy atom. The Bertz CT molecular complexity index is 1180. The molecule has 196 valence electrons. The Balaban J connectivity index is 1.23. The molecule has 37 heavy (non-hydrogen) atoms. The summed E-state index contributed by atoms with van der Waals surface area (Å²) in [7, 11) is 0. The van der Waals surface area contributed by atoms with E-state index in [1.54, 1.807) is 12.1 Å². The molecule has 0 saturated carbocycles. The smallest absolute Gasteiger partial charge is 0.232 e. The predicted molar refractivity (Wildman–Crippen MR) is 144 cm³/mol. The molecule has 3 heterocycles. The van der Waals surface area contributed by atoms with E-state index in [1.807, 2.05) is 18.2 Å². The third-order valence-corrected chi connectivity index (χ3v) is 6.79. The third-order valence-electron chi connectivity index (χ3n) is 6.79. The maximum atomic E-state index is 9.50. The summed E-state index contributed by atoms with van der Waals surface area (Å²) >= 11 is 0. The number of phenols is 1. The quantitative estimate of drug-likeness (QED) is 0.428. The Labute approximate surface area is 217 Å². The van der Waals surface area contributed by atoms with E-state index in [0.29, 0.717) is 31.2 Å². The second-order valence-electron chi connectivity index (χ2n) is 9.23. The van der Waals surface area contributed by atoms with Crippen molar-refractivity contribution in [3.63, 3.8) is 0 Å². The van der Waals surface area contributed by atoms with Crippen LogP contribution in [0, 0.1) is 0 Å². The van der Waals surface area contributed by atoms with Crippen LogP contribution in [0.5, 0.6) is 17.2 Å². The average molecular weight is 506 g/mol. The minimum absolute atomic E-state index is 0.277. The second kappa shape index (κ2) is 11.5. The molecular weight excluding hydrogens is 470 g/mol. The van der Waals surface area contributed by atoms with Gasteiger partial charge in [0.15, 0.2) is 11.5 Å². The highest BCUT2D eigenvalue weighted by molar-refractivity contribution is 5.46. The zero-order chi connectivity index (χ0) is 25.6.